The lowest BCUT2D eigenvalue weighted by molar-refractivity contribution is 1.27. The van der Waals surface area contributed by atoms with E-state index < -0.39 is 0 Å². The molecule has 7 nitrogen and oxygen atoms in total. The first-order valence-corrected chi connectivity index (χ1v) is 18.2. The van der Waals surface area contributed by atoms with Gasteiger partial charge in [0.15, 0.2) is 0 Å². The highest BCUT2D eigenvalue weighted by Crippen LogP contribution is 2.42. The van der Waals surface area contributed by atoms with Crippen LogP contribution in [0.2, 0.25) is 0 Å². The van der Waals surface area contributed by atoms with Gasteiger partial charge in [-0.05, 0) is 112 Å². The summed E-state index contributed by atoms with van der Waals surface area (Å²) < 4.78 is 0. The maximum atomic E-state index is 9.37. The Kier molecular flexibility index (Phi) is 8.05. The molecule has 6 aromatic heterocycles. The van der Waals surface area contributed by atoms with E-state index in [9.17, 15) is 5.26 Å². The molecule has 10 rings (SSSR count). The molecule has 0 aliphatic carbocycles. The van der Waals surface area contributed by atoms with Crippen molar-refractivity contribution in [3.63, 3.8) is 0 Å². The fourth-order valence-corrected chi connectivity index (χ4v) is 7.52. The van der Waals surface area contributed by atoms with Crippen molar-refractivity contribution in [3.05, 3.63) is 182 Å². The van der Waals surface area contributed by atoms with Gasteiger partial charge in [0.1, 0.15) is 11.8 Å². The van der Waals surface area contributed by atoms with Crippen molar-refractivity contribution in [3.8, 4) is 73.2 Å². The summed E-state index contributed by atoms with van der Waals surface area (Å²) in [7, 11) is 0. The van der Waals surface area contributed by atoms with E-state index in [4.69, 9.17) is 15.0 Å². The van der Waals surface area contributed by atoms with E-state index in [1.165, 1.54) is 0 Å². The molecule has 4 aromatic carbocycles. The average Bonchev–Trinajstić information content (AvgIpc) is 3.29. The quantitative estimate of drug-likeness (QED) is 0.158. The summed E-state index contributed by atoms with van der Waals surface area (Å²) in [5.41, 5.74) is 14.0. The number of nitrogens with zero attached hydrogens (tertiary/aromatic N) is 7. The summed E-state index contributed by atoms with van der Waals surface area (Å²) in [6.45, 7) is 0. The number of rotatable bonds is 6. The number of pyridine rings is 6. The molecule has 0 aliphatic rings. The van der Waals surface area contributed by atoms with Crippen molar-refractivity contribution in [1.29, 1.82) is 5.26 Å². The molecule has 6 heterocycles. The van der Waals surface area contributed by atoms with Crippen molar-refractivity contribution in [2.45, 2.75) is 0 Å². The molecule has 0 saturated heterocycles. The molecule has 0 unspecified atom stereocenters. The van der Waals surface area contributed by atoms with Crippen LogP contribution in [0, 0.1) is 11.3 Å². The van der Waals surface area contributed by atoms with Gasteiger partial charge in [-0.2, -0.15) is 5.26 Å². The monoisotopic (exact) mass is 715 g/mol. The molecular formula is C49H29N7. The van der Waals surface area contributed by atoms with Crippen LogP contribution in [0.4, 0.5) is 0 Å². The Balaban J connectivity index is 1.13. The van der Waals surface area contributed by atoms with Crippen molar-refractivity contribution in [2.75, 3.05) is 0 Å². The first kappa shape index (κ1) is 32.7. The molecule has 0 amide bonds. The number of benzene rings is 4. The van der Waals surface area contributed by atoms with E-state index in [2.05, 4.69) is 106 Å². The lowest BCUT2D eigenvalue weighted by Crippen LogP contribution is -1.93. The number of fused-ring (bicyclic) bond motifs is 5. The number of nitriles is 1. The third-order valence-corrected chi connectivity index (χ3v) is 10.2. The fourth-order valence-electron chi connectivity index (χ4n) is 7.52. The van der Waals surface area contributed by atoms with Gasteiger partial charge in [-0.15, -0.1) is 0 Å². The van der Waals surface area contributed by atoms with Crippen LogP contribution in [-0.2, 0) is 0 Å². The zero-order valence-corrected chi connectivity index (χ0v) is 29.9. The Bertz CT molecular complexity index is 3080. The molecule has 260 valence electrons. The van der Waals surface area contributed by atoms with Gasteiger partial charge in [0.05, 0.1) is 28.1 Å². The van der Waals surface area contributed by atoms with Crippen LogP contribution >= 0.6 is 0 Å². The summed E-state index contributed by atoms with van der Waals surface area (Å²) in [6, 6.07) is 49.7. The van der Waals surface area contributed by atoms with Gasteiger partial charge in [-0.1, -0.05) is 60.7 Å². The predicted octanol–water partition coefficient (Wildman–Crippen LogP) is 11.4. The third kappa shape index (κ3) is 5.88. The standard InChI is InChI=1S/C49H29N7/c50-30-38-7-2-10-45(55-38)32-13-11-31(12-14-32)41-28-43-40-9-4-20-54-49(40)42(29-44(43)39-8-3-19-53-48(39)41)36-6-1-5-35(25-36)37-26-46(33-15-21-51-22-16-33)56-47(27-37)34-17-23-52-24-18-34/h1-29H. The topological polar surface area (TPSA) is 101 Å². The zero-order valence-electron chi connectivity index (χ0n) is 29.9. The number of hydrogen-bond donors (Lipinski definition) is 0. The summed E-state index contributed by atoms with van der Waals surface area (Å²) in [6.07, 6.45) is 10.9. The average molecular weight is 716 g/mol. The third-order valence-electron chi connectivity index (χ3n) is 10.2. The van der Waals surface area contributed by atoms with Gasteiger partial charge in [-0.3, -0.25) is 19.9 Å². The Hall–Kier alpha value is -7.95. The first-order valence-electron chi connectivity index (χ1n) is 18.2. The second-order valence-corrected chi connectivity index (χ2v) is 13.5. The second-order valence-electron chi connectivity index (χ2n) is 13.5. The summed E-state index contributed by atoms with van der Waals surface area (Å²) in [4.78, 5) is 27.9. The zero-order chi connectivity index (χ0) is 37.4. The Morgan fingerprint density at radius 3 is 1.50 bits per heavy atom. The Morgan fingerprint density at radius 1 is 0.357 bits per heavy atom. The molecule has 0 N–H and O–H groups in total. The van der Waals surface area contributed by atoms with Crippen LogP contribution in [0.15, 0.2) is 177 Å². The van der Waals surface area contributed by atoms with E-state index in [-0.39, 0.29) is 0 Å². The highest BCUT2D eigenvalue weighted by Gasteiger charge is 2.17. The number of hydrogen-bond acceptors (Lipinski definition) is 7. The summed E-state index contributed by atoms with van der Waals surface area (Å²) in [5.74, 6) is 0. The molecular weight excluding hydrogens is 687 g/mol. The molecule has 0 saturated carbocycles. The lowest BCUT2D eigenvalue weighted by atomic mass is 9.90. The normalized spacial score (nSPS) is 11.2. The molecule has 0 bridgehead atoms. The molecule has 10 aromatic rings. The lowest BCUT2D eigenvalue weighted by Gasteiger charge is -2.16. The minimum atomic E-state index is 0.394. The molecule has 0 aliphatic heterocycles. The van der Waals surface area contributed by atoms with Gasteiger partial charge >= 0.3 is 0 Å². The van der Waals surface area contributed by atoms with Crippen molar-refractivity contribution < 1.29 is 0 Å². The Labute approximate surface area is 322 Å². The van der Waals surface area contributed by atoms with Crippen LogP contribution in [0.25, 0.3) is 99.7 Å². The molecule has 7 heteroatoms. The summed E-state index contributed by atoms with van der Waals surface area (Å²) >= 11 is 0. The van der Waals surface area contributed by atoms with E-state index in [0.717, 1.165) is 99.7 Å². The van der Waals surface area contributed by atoms with Crippen molar-refractivity contribution in [1.82, 2.24) is 29.9 Å². The van der Waals surface area contributed by atoms with E-state index in [0.29, 0.717) is 5.69 Å². The minimum absolute atomic E-state index is 0.394. The largest absolute Gasteiger partial charge is 0.265 e. The first-order chi connectivity index (χ1) is 27.7. The highest BCUT2D eigenvalue weighted by molar-refractivity contribution is 6.22. The van der Waals surface area contributed by atoms with Crippen LogP contribution in [0.5, 0.6) is 0 Å². The fraction of sp³-hybridized carbons (Fsp3) is 0. The molecule has 0 atom stereocenters. The van der Waals surface area contributed by atoms with Crippen LogP contribution in [0.3, 0.4) is 0 Å². The van der Waals surface area contributed by atoms with Crippen LogP contribution < -0.4 is 0 Å². The van der Waals surface area contributed by atoms with Gasteiger partial charge < -0.3 is 0 Å². The molecule has 0 fully saturated rings. The SMILES string of the molecule is N#Cc1cccc(-c2ccc(-c3cc4c5cccnc5c(-c5cccc(-c6cc(-c7ccncc7)nc(-c7ccncc7)c6)c5)cc4c4cccnc34)cc2)n1. The maximum absolute atomic E-state index is 9.37. The Morgan fingerprint density at radius 2 is 0.893 bits per heavy atom. The second kappa shape index (κ2) is 13.8. The van der Waals surface area contributed by atoms with E-state index >= 15 is 0 Å². The van der Waals surface area contributed by atoms with Crippen LogP contribution in [-0.4, -0.2) is 29.9 Å². The summed E-state index contributed by atoms with van der Waals surface area (Å²) in [5, 5.41) is 13.7. The van der Waals surface area contributed by atoms with Crippen molar-refractivity contribution >= 4 is 32.6 Å². The molecule has 0 radical (unpaired) electrons. The van der Waals surface area contributed by atoms with Crippen LogP contribution in [0.1, 0.15) is 5.69 Å². The van der Waals surface area contributed by atoms with Gasteiger partial charge in [0.2, 0.25) is 0 Å². The van der Waals surface area contributed by atoms with E-state index in [1.807, 2.05) is 60.9 Å². The maximum Gasteiger partial charge on any atom is 0.141 e. The van der Waals surface area contributed by atoms with E-state index in [1.54, 1.807) is 30.9 Å². The molecule has 0 spiro atoms. The highest BCUT2D eigenvalue weighted by atomic mass is 14.7. The number of aromatic nitrogens is 6. The van der Waals surface area contributed by atoms with Gasteiger partial charge in [-0.25, -0.2) is 9.97 Å². The van der Waals surface area contributed by atoms with Gasteiger partial charge in [0.25, 0.3) is 0 Å². The van der Waals surface area contributed by atoms with Gasteiger partial charge in [0, 0.05) is 75.8 Å². The van der Waals surface area contributed by atoms with Crippen molar-refractivity contribution in [2.24, 2.45) is 0 Å². The smallest absolute Gasteiger partial charge is 0.141 e. The minimum Gasteiger partial charge on any atom is -0.265 e. The predicted molar refractivity (Wildman–Crippen MR) is 223 cm³/mol. The molecule has 56 heavy (non-hydrogen) atoms.